The van der Waals surface area contributed by atoms with Crippen molar-refractivity contribution in [3.05, 3.63) is 30.3 Å². The van der Waals surface area contributed by atoms with Gasteiger partial charge in [-0.25, -0.2) is 0 Å². The van der Waals surface area contributed by atoms with Crippen LogP contribution in [0.2, 0.25) is 0 Å². The average molecular weight is 498 g/mol. The van der Waals surface area contributed by atoms with Crippen molar-refractivity contribution < 1.29 is 14.3 Å². The number of ether oxygens (including phenoxy) is 1. The standard InChI is InChI=1S/C32H51NO3/c1-23(30(2,3)4)14-17-27(34)22-33-21-25-16-15-24(18-26(33)19-25)20-31(5,6)29(35)32(7,8)36-28-12-10-9-11-13-28/h9-13,23-26H,14-22H2,1-8H3/t23?,24-,25?,26-/m0/s1. The van der Waals surface area contributed by atoms with E-state index in [-0.39, 0.29) is 11.2 Å². The molecule has 202 valence electrons. The van der Waals surface area contributed by atoms with E-state index >= 15 is 0 Å². The zero-order valence-corrected chi connectivity index (χ0v) is 24.2. The van der Waals surface area contributed by atoms with Crippen LogP contribution in [-0.4, -0.2) is 41.2 Å². The first-order valence-electron chi connectivity index (χ1n) is 14.2. The van der Waals surface area contributed by atoms with Gasteiger partial charge in [0.05, 0.1) is 6.54 Å². The summed E-state index contributed by atoms with van der Waals surface area (Å²) in [5.41, 5.74) is -1.09. The highest BCUT2D eigenvalue weighted by atomic mass is 16.5. The van der Waals surface area contributed by atoms with Crippen LogP contribution in [0.5, 0.6) is 5.75 Å². The minimum atomic E-state index is -0.878. The predicted molar refractivity (Wildman–Crippen MR) is 148 cm³/mol. The lowest BCUT2D eigenvalue weighted by Gasteiger charge is -2.37. The number of carbonyl (C=O) groups excluding carboxylic acids is 2. The van der Waals surface area contributed by atoms with Gasteiger partial charge in [0.2, 0.25) is 0 Å². The van der Waals surface area contributed by atoms with Crippen LogP contribution in [0.3, 0.4) is 0 Å². The summed E-state index contributed by atoms with van der Waals surface area (Å²) >= 11 is 0. The molecule has 2 aliphatic rings. The molecule has 2 bridgehead atoms. The zero-order chi connectivity index (χ0) is 26.7. The Kier molecular flexibility index (Phi) is 9.13. The van der Waals surface area contributed by atoms with Gasteiger partial charge in [-0.2, -0.15) is 0 Å². The van der Waals surface area contributed by atoms with Crippen molar-refractivity contribution in [2.24, 2.45) is 28.6 Å². The Morgan fingerprint density at radius 1 is 1.00 bits per heavy atom. The molecule has 0 aromatic heterocycles. The first-order chi connectivity index (χ1) is 16.7. The summed E-state index contributed by atoms with van der Waals surface area (Å²) in [5.74, 6) is 3.03. The van der Waals surface area contributed by atoms with Crippen molar-refractivity contribution >= 4 is 11.6 Å². The lowest BCUT2D eigenvalue weighted by molar-refractivity contribution is -0.142. The number of carbonyl (C=O) groups is 2. The van der Waals surface area contributed by atoms with Crippen LogP contribution >= 0.6 is 0 Å². The van der Waals surface area contributed by atoms with E-state index in [1.165, 1.54) is 19.3 Å². The highest BCUT2D eigenvalue weighted by molar-refractivity contribution is 5.91. The molecule has 4 heteroatoms. The third-order valence-electron chi connectivity index (χ3n) is 8.99. The van der Waals surface area contributed by atoms with Gasteiger partial charge in [0.1, 0.15) is 11.5 Å². The van der Waals surface area contributed by atoms with Crippen LogP contribution in [0, 0.1) is 28.6 Å². The molecule has 1 aromatic carbocycles. The molecule has 1 heterocycles. The molecular weight excluding hydrogens is 446 g/mol. The topological polar surface area (TPSA) is 46.6 Å². The number of hydrogen-bond acceptors (Lipinski definition) is 4. The second-order valence-electron chi connectivity index (χ2n) is 14.1. The smallest absolute Gasteiger partial charge is 0.181 e. The number of nitrogens with zero attached hydrogens (tertiary/aromatic N) is 1. The van der Waals surface area contributed by atoms with Gasteiger partial charge in [0.15, 0.2) is 11.4 Å². The second kappa shape index (κ2) is 11.4. The van der Waals surface area contributed by atoms with Crippen molar-refractivity contribution in [1.82, 2.24) is 4.90 Å². The summed E-state index contributed by atoms with van der Waals surface area (Å²) in [6.07, 6.45) is 7.24. The van der Waals surface area contributed by atoms with E-state index in [0.29, 0.717) is 42.5 Å². The molecule has 1 saturated heterocycles. The van der Waals surface area contributed by atoms with Crippen molar-refractivity contribution in [2.45, 2.75) is 112 Å². The van der Waals surface area contributed by atoms with Gasteiger partial charge < -0.3 is 4.74 Å². The van der Waals surface area contributed by atoms with Gasteiger partial charge >= 0.3 is 0 Å². The number of benzene rings is 1. The molecule has 3 rings (SSSR count). The van der Waals surface area contributed by atoms with Gasteiger partial charge in [-0.3, -0.25) is 14.5 Å². The maximum Gasteiger partial charge on any atom is 0.181 e. The maximum atomic E-state index is 13.6. The first kappa shape index (κ1) is 28.9. The summed E-state index contributed by atoms with van der Waals surface area (Å²) in [7, 11) is 0. The minimum absolute atomic E-state index is 0.160. The molecular formula is C32H51NO3. The summed E-state index contributed by atoms with van der Waals surface area (Å²) in [6.45, 7) is 18.7. The van der Waals surface area contributed by atoms with E-state index in [1.54, 1.807) is 0 Å². The van der Waals surface area contributed by atoms with Crippen molar-refractivity contribution in [3.63, 3.8) is 0 Å². The fourth-order valence-corrected chi connectivity index (χ4v) is 6.47. The Labute approximate surface area is 220 Å². The molecule has 2 fully saturated rings. The van der Waals surface area contributed by atoms with Crippen LogP contribution in [0.1, 0.15) is 100 Å². The van der Waals surface area contributed by atoms with Gasteiger partial charge in [-0.15, -0.1) is 0 Å². The van der Waals surface area contributed by atoms with Gasteiger partial charge in [-0.1, -0.05) is 66.2 Å². The summed E-state index contributed by atoms with van der Waals surface area (Å²) in [6, 6.07) is 10.1. The lowest BCUT2D eigenvalue weighted by Crippen LogP contribution is -2.47. The first-order valence-corrected chi connectivity index (χ1v) is 14.2. The molecule has 1 aliphatic carbocycles. The van der Waals surface area contributed by atoms with Crippen molar-refractivity contribution in [1.29, 1.82) is 0 Å². The van der Waals surface area contributed by atoms with Crippen molar-refractivity contribution in [3.8, 4) is 5.75 Å². The largest absolute Gasteiger partial charge is 0.480 e. The molecule has 0 radical (unpaired) electrons. The molecule has 4 nitrogen and oxygen atoms in total. The van der Waals surface area contributed by atoms with E-state index in [1.807, 2.05) is 44.2 Å². The fraction of sp³-hybridized carbons (Fsp3) is 0.750. The third kappa shape index (κ3) is 7.66. The number of ketones is 2. The van der Waals surface area contributed by atoms with Gasteiger partial charge in [0, 0.05) is 24.4 Å². The molecule has 36 heavy (non-hydrogen) atoms. The molecule has 0 spiro atoms. The number of likely N-dealkylation sites (tertiary alicyclic amines) is 1. The van der Waals surface area contributed by atoms with E-state index in [0.717, 1.165) is 31.6 Å². The minimum Gasteiger partial charge on any atom is -0.480 e. The summed E-state index contributed by atoms with van der Waals surface area (Å²) in [4.78, 5) is 29.0. The highest BCUT2D eigenvalue weighted by Crippen LogP contribution is 2.42. The van der Waals surface area contributed by atoms with Crippen LogP contribution in [0.4, 0.5) is 0 Å². The highest BCUT2D eigenvalue weighted by Gasteiger charge is 2.44. The molecule has 2 unspecified atom stereocenters. The molecule has 1 aromatic rings. The number of fused-ring (bicyclic) bond motifs is 2. The normalized spacial score (nSPS) is 24.3. The number of hydrogen-bond donors (Lipinski definition) is 0. The lowest BCUT2D eigenvalue weighted by atomic mass is 9.72. The number of para-hydroxylation sites is 1. The SMILES string of the molecule is CC(CCC(=O)CN1CC2CC[C@H](CC(C)(C)C(=O)C(C)(C)Oc3ccccc3)C[C@H]1C2)C(C)(C)C. The monoisotopic (exact) mass is 497 g/mol. The van der Waals surface area contributed by atoms with E-state index in [4.69, 9.17) is 4.74 Å². The predicted octanol–water partition coefficient (Wildman–Crippen LogP) is 7.35. The molecule has 0 N–H and O–H groups in total. The van der Waals surface area contributed by atoms with Crippen LogP contribution in [-0.2, 0) is 9.59 Å². The number of rotatable bonds is 11. The summed E-state index contributed by atoms with van der Waals surface area (Å²) < 4.78 is 6.14. The molecule has 4 atom stereocenters. The third-order valence-corrected chi connectivity index (χ3v) is 8.99. The van der Waals surface area contributed by atoms with Crippen LogP contribution < -0.4 is 4.74 Å². The Morgan fingerprint density at radius 3 is 2.31 bits per heavy atom. The average Bonchev–Trinajstić information content (AvgIpc) is 3.03. The van der Waals surface area contributed by atoms with Crippen LogP contribution in [0.25, 0.3) is 0 Å². The summed E-state index contributed by atoms with van der Waals surface area (Å²) in [5, 5.41) is 0. The second-order valence-corrected chi connectivity index (χ2v) is 14.1. The van der Waals surface area contributed by atoms with E-state index in [2.05, 4.69) is 46.4 Å². The molecule has 1 saturated carbocycles. The van der Waals surface area contributed by atoms with Crippen LogP contribution in [0.15, 0.2) is 30.3 Å². The van der Waals surface area contributed by atoms with Gasteiger partial charge in [0.25, 0.3) is 0 Å². The Bertz CT molecular complexity index is 882. The fourth-order valence-electron chi connectivity index (χ4n) is 6.47. The van der Waals surface area contributed by atoms with E-state index in [9.17, 15) is 9.59 Å². The van der Waals surface area contributed by atoms with E-state index < -0.39 is 11.0 Å². The zero-order valence-electron chi connectivity index (χ0n) is 24.2. The molecule has 1 aliphatic heterocycles. The Hall–Kier alpha value is -1.68. The maximum absolute atomic E-state index is 13.6. The Morgan fingerprint density at radius 2 is 1.67 bits per heavy atom. The van der Waals surface area contributed by atoms with Gasteiger partial charge in [-0.05, 0) is 81.3 Å². The van der Waals surface area contributed by atoms with Crippen molar-refractivity contribution in [2.75, 3.05) is 13.1 Å². The Balaban J connectivity index is 1.56. The quantitative estimate of drug-likeness (QED) is 0.321. The number of Topliss-reactive ketones (excluding diaryl/α,β-unsaturated/α-hetero) is 2. The molecule has 0 amide bonds.